The molecule has 0 spiro atoms. The van der Waals surface area contributed by atoms with E-state index in [-0.39, 0.29) is 5.91 Å². The summed E-state index contributed by atoms with van der Waals surface area (Å²) in [5.41, 5.74) is 2.28. The summed E-state index contributed by atoms with van der Waals surface area (Å²) in [5, 5.41) is 16.9. The Hall–Kier alpha value is -1.38. The molecule has 0 radical (unpaired) electrons. The van der Waals surface area contributed by atoms with E-state index in [9.17, 15) is 4.79 Å². The Morgan fingerprint density at radius 2 is 2.38 bits per heavy atom. The van der Waals surface area contributed by atoms with E-state index >= 15 is 0 Å². The lowest BCUT2D eigenvalue weighted by atomic mass is 10.2. The molecule has 110 valence electrons. The number of nitrogens with one attached hydrogen (secondary N) is 1. The summed E-state index contributed by atoms with van der Waals surface area (Å²) in [6.07, 6.45) is 1.05. The van der Waals surface area contributed by atoms with Gasteiger partial charge in [0, 0.05) is 16.0 Å². The second kappa shape index (κ2) is 6.17. The van der Waals surface area contributed by atoms with Crippen molar-refractivity contribution >= 4 is 51.2 Å². The number of carbonyl (C=O) groups is 1. The number of thiophene rings is 1. The molecule has 8 heteroatoms. The summed E-state index contributed by atoms with van der Waals surface area (Å²) in [6.45, 7) is 1.66. The van der Waals surface area contributed by atoms with Crippen LogP contribution in [0.1, 0.15) is 32.7 Å². The first-order chi connectivity index (χ1) is 10.2. The SMILES string of the molecule is CC(=NO)c1csc(NC(=O)c2cc3c(s2)CCSC3)n1. The van der Waals surface area contributed by atoms with Gasteiger partial charge in [0.05, 0.1) is 4.88 Å². The van der Waals surface area contributed by atoms with Gasteiger partial charge in [-0.1, -0.05) is 5.16 Å². The van der Waals surface area contributed by atoms with Crippen molar-refractivity contribution < 1.29 is 10.0 Å². The minimum atomic E-state index is -0.126. The number of fused-ring (bicyclic) bond motifs is 1. The molecule has 0 aromatic carbocycles. The number of oxime groups is 1. The third kappa shape index (κ3) is 3.12. The fourth-order valence-electron chi connectivity index (χ4n) is 1.97. The van der Waals surface area contributed by atoms with Crippen molar-refractivity contribution in [2.75, 3.05) is 11.1 Å². The molecule has 0 bridgehead atoms. The van der Waals surface area contributed by atoms with E-state index in [2.05, 4.69) is 15.5 Å². The van der Waals surface area contributed by atoms with Crippen LogP contribution in [0.5, 0.6) is 0 Å². The van der Waals surface area contributed by atoms with Crippen LogP contribution in [0.2, 0.25) is 0 Å². The Balaban J connectivity index is 1.74. The molecule has 1 aliphatic heterocycles. The summed E-state index contributed by atoms with van der Waals surface area (Å²) >= 11 is 4.79. The molecule has 5 nitrogen and oxygen atoms in total. The predicted molar refractivity (Wildman–Crippen MR) is 88.2 cm³/mol. The van der Waals surface area contributed by atoms with Gasteiger partial charge in [-0.3, -0.25) is 10.1 Å². The van der Waals surface area contributed by atoms with E-state index in [0.717, 1.165) is 22.8 Å². The zero-order valence-electron chi connectivity index (χ0n) is 11.3. The number of hydrogen-bond donors (Lipinski definition) is 2. The molecule has 0 atom stereocenters. The normalized spacial score (nSPS) is 14.8. The Kier molecular flexibility index (Phi) is 4.27. The summed E-state index contributed by atoms with van der Waals surface area (Å²) < 4.78 is 0. The zero-order chi connectivity index (χ0) is 14.8. The minimum Gasteiger partial charge on any atom is -0.411 e. The van der Waals surface area contributed by atoms with Gasteiger partial charge >= 0.3 is 0 Å². The summed E-state index contributed by atoms with van der Waals surface area (Å²) in [4.78, 5) is 18.5. The quantitative estimate of drug-likeness (QED) is 0.510. The summed E-state index contributed by atoms with van der Waals surface area (Å²) in [6, 6.07) is 1.98. The van der Waals surface area contributed by atoms with Crippen molar-refractivity contribution in [2.45, 2.75) is 19.1 Å². The van der Waals surface area contributed by atoms with Crippen LogP contribution in [0, 0.1) is 0 Å². The zero-order valence-corrected chi connectivity index (χ0v) is 13.7. The number of amides is 1. The Bertz CT molecular complexity index is 682. The number of anilines is 1. The first kappa shape index (κ1) is 14.6. The van der Waals surface area contributed by atoms with Gasteiger partial charge in [0.2, 0.25) is 0 Å². The van der Waals surface area contributed by atoms with Crippen molar-refractivity contribution in [1.82, 2.24) is 4.98 Å². The molecule has 3 rings (SSSR count). The molecule has 0 saturated heterocycles. The van der Waals surface area contributed by atoms with Gasteiger partial charge in [0.1, 0.15) is 11.4 Å². The number of carbonyl (C=O) groups excluding carboxylic acids is 1. The largest absolute Gasteiger partial charge is 0.411 e. The topological polar surface area (TPSA) is 74.6 Å². The molecule has 0 saturated carbocycles. The minimum absolute atomic E-state index is 0.126. The molecule has 2 aromatic rings. The van der Waals surface area contributed by atoms with Crippen LogP contribution in [0.25, 0.3) is 0 Å². The van der Waals surface area contributed by atoms with Crippen molar-refractivity contribution in [1.29, 1.82) is 0 Å². The second-order valence-electron chi connectivity index (χ2n) is 4.54. The van der Waals surface area contributed by atoms with E-state index in [4.69, 9.17) is 5.21 Å². The third-order valence-electron chi connectivity index (χ3n) is 3.10. The fourth-order valence-corrected chi connectivity index (χ4v) is 4.98. The predicted octanol–water partition coefficient (Wildman–Crippen LogP) is 3.44. The third-order valence-corrected chi connectivity index (χ3v) is 6.10. The first-order valence-electron chi connectivity index (χ1n) is 6.32. The molecule has 2 aromatic heterocycles. The maximum Gasteiger partial charge on any atom is 0.267 e. The Morgan fingerprint density at radius 3 is 3.14 bits per heavy atom. The number of rotatable bonds is 3. The fraction of sp³-hybridized carbons (Fsp3) is 0.308. The van der Waals surface area contributed by atoms with Gasteiger partial charge < -0.3 is 5.21 Å². The molecule has 0 fully saturated rings. The van der Waals surface area contributed by atoms with Crippen molar-refractivity contribution in [3.63, 3.8) is 0 Å². The van der Waals surface area contributed by atoms with E-state index in [1.165, 1.54) is 21.8 Å². The Morgan fingerprint density at radius 1 is 1.52 bits per heavy atom. The molecular formula is C13H13N3O2S3. The van der Waals surface area contributed by atoms with Crippen molar-refractivity contribution in [3.05, 3.63) is 32.5 Å². The lowest BCUT2D eigenvalue weighted by Gasteiger charge is -2.08. The number of hydrogen-bond acceptors (Lipinski definition) is 7. The molecule has 1 aliphatic rings. The number of thioether (sulfide) groups is 1. The molecular weight excluding hydrogens is 326 g/mol. The van der Waals surface area contributed by atoms with Gasteiger partial charge in [-0.25, -0.2) is 4.98 Å². The van der Waals surface area contributed by atoms with E-state index < -0.39 is 0 Å². The smallest absolute Gasteiger partial charge is 0.267 e. The maximum atomic E-state index is 12.3. The van der Waals surface area contributed by atoms with Crippen LogP contribution in [-0.4, -0.2) is 27.6 Å². The van der Waals surface area contributed by atoms with Crippen LogP contribution in [-0.2, 0) is 12.2 Å². The molecule has 0 unspecified atom stereocenters. The lowest BCUT2D eigenvalue weighted by molar-refractivity contribution is 0.103. The van der Waals surface area contributed by atoms with Crippen LogP contribution in [0.15, 0.2) is 16.6 Å². The number of aromatic nitrogens is 1. The lowest BCUT2D eigenvalue weighted by Crippen LogP contribution is -2.10. The summed E-state index contributed by atoms with van der Waals surface area (Å²) in [7, 11) is 0. The van der Waals surface area contributed by atoms with Crippen LogP contribution in [0.4, 0.5) is 5.13 Å². The van der Waals surface area contributed by atoms with Crippen molar-refractivity contribution in [2.24, 2.45) is 5.16 Å². The maximum absolute atomic E-state index is 12.3. The average Bonchev–Trinajstić information content (AvgIpc) is 3.12. The molecule has 0 aliphatic carbocycles. The molecule has 3 heterocycles. The molecule has 21 heavy (non-hydrogen) atoms. The van der Waals surface area contributed by atoms with Crippen LogP contribution < -0.4 is 5.32 Å². The monoisotopic (exact) mass is 339 g/mol. The van der Waals surface area contributed by atoms with Crippen LogP contribution in [0.3, 0.4) is 0 Å². The van der Waals surface area contributed by atoms with E-state index in [1.54, 1.807) is 23.6 Å². The number of nitrogens with zero attached hydrogens (tertiary/aromatic N) is 2. The average molecular weight is 339 g/mol. The molecule has 1 amide bonds. The summed E-state index contributed by atoms with van der Waals surface area (Å²) in [5.74, 6) is 2.00. The highest BCUT2D eigenvalue weighted by Crippen LogP contribution is 2.32. The van der Waals surface area contributed by atoms with Gasteiger partial charge in [0.25, 0.3) is 5.91 Å². The van der Waals surface area contributed by atoms with E-state index in [0.29, 0.717) is 16.5 Å². The molecule has 2 N–H and O–H groups in total. The highest BCUT2D eigenvalue weighted by atomic mass is 32.2. The van der Waals surface area contributed by atoms with Gasteiger partial charge in [-0.05, 0) is 30.7 Å². The standard InChI is InChI=1S/C13H13N3O2S3/c1-7(16-18)9-6-20-13(14-9)15-12(17)11-4-8-5-19-3-2-10(8)21-11/h4,6,18H,2-3,5H2,1H3,(H,14,15,17). The highest BCUT2D eigenvalue weighted by Gasteiger charge is 2.18. The number of thiazole rings is 1. The van der Waals surface area contributed by atoms with Crippen molar-refractivity contribution in [3.8, 4) is 0 Å². The second-order valence-corrected chi connectivity index (χ2v) is 7.64. The number of aryl methyl sites for hydroxylation is 1. The van der Waals surface area contributed by atoms with Gasteiger partial charge in [-0.15, -0.1) is 22.7 Å². The van der Waals surface area contributed by atoms with Gasteiger partial charge in [-0.2, -0.15) is 11.8 Å². The van der Waals surface area contributed by atoms with Crippen LogP contribution >= 0.6 is 34.4 Å². The van der Waals surface area contributed by atoms with E-state index in [1.807, 2.05) is 17.8 Å². The first-order valence-corrected chi connectivity index (χ1v) is 9.17. The Labute approximate surface area is 134 Å². The highest BCUT2D eigenvalue weighted by molar-refractivity contribution is 7.98. The van der Waals surface area contributed by atoms with Gasteiger partial charge in [0.15, 0.2) is 5.13 Å².